The highest BCUT2D eigenvalue weighted by Crippen LogP contribution is 2.24. The van der Waals surface area contributed by atoms with E-state index in [1.54, 1.807) is 0 Å². The lowest BCUT2D eigenvalue weighted by Crippen LogP contribution is -2.39. The molecule has 1 aromatic heterocycles. The molecule has 1 atom stereocenters. The summed E-state index contributed by atoms with van der Waals surface area (Å²) >= 11 is 3.65. The molecule has 1 unspecified atom stereocenters. The number of hydrogen-bond donors (Lipinski definition) is 1. The van der Waals surface area contributed by atoms with Gasteiger partial charge in [-0.1, -0.05) is 13.3 Å². The van der Waals surface area contributed by atoms with Crippen LogP contribution in [0.1, 0.15) is 45.5 Å². The first-order valence-corrected chi connectivity index (χ1v) is 7.47. The molecule has 1 heterocycles. The van der Waals surface area contributed by atoms with Gasteiger partial charge < -0.3 is 5.32 Å². The van der Waals surface area contributed by atoms with Crippen molar-refractivity contribution in [1.29, 1.82) is 0 Å². The Kier molecular flexibility index (Phi) is 5.41. The SMILES string of the molecule is CCC(CNC(C)(C)C)Cc1c(Br)c(C)nn1C. The van der Waals surface area contributed by atoms with Gasteiger partial charge in [-0.15, -0.1) is 0 Å². The van der Waals surface area contributed by atoms with E-state index in [4.69, 9.17) is 0 Å². The van der Waals surface area contributed by atoms with Crippen molar-refractivity contribution in [2.24, 2.45) is 13.0 Å². The molecule has 1 rings (SSSR count). The minimum atomic E-state index is 0.188. The number of aryl methyl sites for hydroxylation is 2. The van der Waals surface area contributed by atoms with Crippen LogP contribution in [0.4, 0.5) is 0 Å². The zero-order chi connectivity index (χ0) is 13.9. The van der Waals surface area contributed by atoms with Crippen LogP contribution in [0.3, 0.4) is 0 Å². The summed E-state index contributed by atoms with van der Waals surface area (Å²) in [4.78, 5) is 0. The van der Waals surface area contributed by atoms with Crippen molar-refractivity contribution in [3.05, 3.63) is 15.9 Å². The van der Waals surface area contributed by atoms with E-state index in [0.29, 0.717) is 5.92 Å². The second kappa shape index (κ2) is 6.20. The van der Waals surface area contributed by atoms with Gasteiger partial charge in [0.05, 0.1) is 15.9 Å². The number of nitrogens with one attached hydrogen (secondary N) is 1. The topological polar surface area (TPSA) is 29.9 Å². The van der Waals surface area contributed by atoms with Crippen LogP contribution in [0.25, 0.3) is 0 Å². The van der Waals surface area contributed by atoms with E-state index in [1.165, 1.54) is 16.6 Å². The molecule has 0 aromatic carbocycles. The molecule has 1 N–H and O–H groups in total. The molecule has 0 aliphatic rings. The van der Waals surface area contributed by atoms with Crippen LogP contribution in [0.2, 0.25) is 0 Å². The van der Waals surface area contributed by atoms with Gasteiger partial charge in [-0.25, -0.2) is 0 Å². The van der Waals surface area contributed by atoms with Gasteiger partial charge in [0.2, 0.25) is 0 Å². The summed E-state index contributed by atoms with van der Waals surface area (Å²) in [7, 11) is 2.02. The minimum absolute atomic E-state index is 0.188. The molecule has 0 bridgehead atoms. The lowest BCUT2D eigenvalue weighted by atomic mass is 9.98. The Morgan fingerprint density at radius 3 is 2.39 bits per heavy atom. The van der Waals surface area contributed by atoms with Crippen molar-refractivity contribution in [3.63, 3.8) is 0 Å². The minimum Gasteiger partial charge on any atom is -0.312 e. The Morgan fingerprint density at radius 1 is 1.39 bits per heavy atom. The zero-order valence-electron chi connectivity index (χ0n) is 12.5. The van der Waals surface area contributed by atoms with Crippen molar-refractivity contribution in [3.8, 4) is 0 Å². The first-order valence-electron chi connectivity index (χ1n) is 6.67. The fraction of sp³-hybridized carbons (Fsp3) is 0.786. The van der Waals surface area contributed by atoms with Crippen LogP contribution in [-0.2, 0) is 13.5 Å². The highest BCUT2D eigenvalue weighted by atomic mass is 79.9. The highest BCUT2D eigenvalue weighted by Gasteiger charge is 2.17. The largest absolute Gasteiger partial charge is 0.312 e. The Labute approximate surface area is 119 Å². The molecule has 104 valence electrons. The molecule has 4 heteroatoms. The number of hydrogen-bond acceptors (Lipinski definition) is 2. The molecule has 3 nitrogen and oxygen atoms in total. The van der Waals surface area contributed by atoms with Gasteiger partial charge in [-0.05, 0) is 62.5 Å². The van der Waals surface area contributed by atoms with Gasteiger partial charge in [0.1, 0.15) is 0 Å². The maximum Gasteiger partial charge on any atom is 0.0738 e. The van der Waals surface area contributed by atoms with Crippen LogP contribution in [0, 0.1) is 12.8 Å². The van der Waals surface area contributed by atoms with E-state index in [0.717, 1.165) is 18.7 Å². The lowest BCUT2D eigenvalue weighted by Gasteiger charge is -2.24. The summed E-state index contributed by atoms with van der Waals surface area (Å²) in [5.41, 5.74) is 2.56. The van der Waals surface area contributed by atoms with Crippen LogP contribution in [-0.4, -0.2) is 21.9 Å². The van der Waals surface area contributed by atoms with Gasteiger partial charge in [0, 0.05) is 12.6 Å². The second-order valence-corrected chi connectivity index (χ2v) is 6.87. The standard InChI is InChI=1S/C14H26BrN3/c1-7-11(9-16-14(3,4)5)8-12-13(15)10(2)17-18(12)6/h11,16H,7-9H2,1-6H3. The Hall–Kier alpha value is -0.350. The molecular formula is C14H26BrN3. The van der Waals surface area contributed by atoms with Crippen LogP contribution in [0.15, 0.2) is 4.47 Å². The molecule has 18 heavy (non-hydrogen) atoms. The molecule has 0 saturated carbocycles. The number of halogens is 1. The van der Waals surface area contributed by atoms with Gasteiger partial charge in [0.15, 0.2) is 0 Å². The second-order valence-electron chi connectivity index (χ2n) is 6.08. The van der Waals surface area contributed by atoms with Crippen LogP contribution >= 0.6 is 15.9 Å². The van der Waals surface area contributed by atoms with E-state index < -0.39 is 0 Å². The van der Waals surface area contributed by atoms with Gasteiger partial charge in [-0.3, -0.25) is 4.68 Å². The quantitative estimate of drug-likeness (QED) is 0.902. The van der Waals surface area contributed by atoms with E-state index in [2.05, 4.69) is 54.0 Å². The average molecular weight is 316 g/mol. The van der Waals surface area contributed by atoms with Crippen LogP contribution < -0.4 is 5.32 Å². The predicted octanol–water partition coefficient (Wildman–Crippen LogP) is 3.45. The Bertz CT molecular complexity index is 390. The Morgan fingerprint density at radius 2 is 2.00 bits per heavy atom. The third kappa shape index (κ3) is 4.39. The van der Waals surface area contributed by atoms with Crippen molar-refractivity contribution in [1.82, 2.24) is 15.1 Å². The fourth-order valence-electron chi connectivity index (χ4n) is 1.99. The molecular weight excluding hydrogens is 290 g/mol. The number of nitrogens with zero attached hydrogens (tertiary/aromatic N) is 2. The van der Waals surface area contributed by atoms with Gasteiger partial charge in [0.25, 0.3) is 0 Å². The molecule has 0 aliphatic carbocycles. The molecule has 0 amide bonds. The normalized spacial score (nSPS) is 13.9. The molecule has 0 radical (unpaired) electrons. The van der Waals surface area contributed by atoms with Crippen molar-refractivity contribution < 1.29 is 0 Å². The molecule has 0 saturated heterocycles. The summed E-state index contributed by atoms with van der Waals surface area (Å²) in [5, 5.41) is 8.05. The van der Waals surface area contributed by atoms with Crippen molar-refractivity contribution in [2.45, 2.75) is 53.0 Å². The third-order valence-corrected chi connectivity index (χ3v) is 4.27. The maximum absolute atomic E-state index is 4.46. The molecule has 1 aromatic rings. The maximum atomic E-state index is 4.46. The number of aromatic nitrogens is 2. The summed E-state index contributed by atoms with van der Waals surface area (Å²) in [6.07, 6.45) is 2.25. The number of rotatable bonds is 5. The summed E-state index contributed by atoms with van der Waals surface area (Å²) < 4.78 is 3.17. The molecule has 0 fully saturated rings. The monoisotopic (exact) mass is 315 g/mol. The van der Waals surface area contributed by atoms with Crippen LogP contribution in [0.5, 0.6) is 0 Å². The smallest absolute Gasteiger partial charge is 0.0738 e. The average Bonchev–Trinajstić information content (AvgIpc) is 2.48. The van der Waals surface area contributed by atoms with Crippen molar-refractivity contribution >= 4 is 15.9 Å². The fourth-order valence-corrected chi connectivity index (χ4v) is 2.48. The molecule has 0 aliphatic heterocycles. The predicted molar refractivity (Wildman–Crippen MR) is 80.9 cm³/mol. The molecule has 0 spiro atoms. The van der Waals surface area contributed by atoms with Gasteiger partial charge in [-0.2, -0.15) is 5.10 Å². The lowest BCUT2D eigenvalue weighted by molar-refractivity contribution is 0.359. The van der Waals surface area contributed by atoms with E-state index in [9.17, 15) is 0 Å². The van der Waals surface area contributed by atoms with Crippen molar-refractivity contribution in [2.75, 3.05) is 6.54 Å². The van der Waals surface area contributed by atoms with E-state index in [1.807, 2.05) is 18.7 Å². The van der Waals surface area contributed by atoms with Gasteiger partial charge >= 0.3 is 0 Å². The third-order valence-electron chi connectivity index (χ3n) is 3.24. The Balaban J connectivity index is 2.68. The van der Waals surface area contributed by atoms with E-state index >= 15 is 0 Å². The summed E-state index contributed by atoms with van der Waals surface area (Å²) in [6.45, 7) is 12.0. The zero-order valence-corrected chi connectivity index (χ0v) is 14.1. The van der Waals surface area contributed by atoms with E-state index in [-0.39, 0.29) is 5.54 Å². The first kappa shape index (κ1) is 15.7. The first-order chi connectivity index (χ1) is 8.24. The highest BCUT2D eigenvalue weighted by molar-refractivity contribution is 9.10. The summed E-state index contributed by atoms with van der Waals surface area (Å²) in [6, 6.07) is 0. The summed E-state index contributed by atoms with van der Waals surface area (Å²) in [5.74, 6) is 0.648.